The van der Waals surface area contributed by atoms with Gasteiger partial charge in [0.2, 0.25) is 0 Å². The fraction of sp³-hybridized carbons (Fsp3) is 0.818. The van der Waals surface area contributed by atoms with Crippen molar-refractivity contribution < 1.29 is 9.59 Å². The Hall–Kier alpha value is -1.06. The topological polar surface area (TPSA) is 40.6 Å². The average Bonchev–Trinajstić information content (AvgIpc) is 2.44. The summed E-state index contributed by atoms with van der Waals surface area (Å²) in [6.45, 7) is 5.45. The fourth-order valence-electron chi connectivity index (χ4n) is 2.46. The van der Waals surface area contributed by atoms with Crippen LogP contribution in [-0.4, -0.2) is 40.9 Å². The second-order valence-electron chi connectivity index (χ2n) is 4.61. The molecule has 2 atom stereocenters. The van der Waals surface area contributed by atoms with Crippen LogP contribution in [0.3, 0.4) is 0 Å². The Morgan fingerprint density at radius 1 is 1.40 bits per heavy atom. The van der Waals surface area contributed by atoms with Crippen LogP contribution in [0.2, 0.25) is 0 Å². The lowest BCUT2D eigenvalue weighted by molar-refractivity contribution is -0.129. The molecule has 0 aromatic rings. The van der Waals surface area contributed by atoms with E-state index in [1.54, 1.807) is 4.90 Å². The first kappa shape index (κ1) is 10.5. The minimum absolute atomic E-state index is 0.0217. The van der Waals surface area contributed by atoms with E-state index in [2.05, 4.69) is 6.92 Å². The molecule has 0 aromatic heterocycles. The van der Waals surface area contributed by atoms with Crippen molar-refractivity contribution in [2.45, 2.75) is 39.2 Å². The Morgan fingerprint density at radius 3 is 2.80 bits per heavy atom. The molecule has 2 heterocycles. The number of imide groups is 1. The quantitative estimate of drug-likeness (QED) is 0.647. The van der Waals surface area contributed by atoms with E-state index in [1.165, 1.54) is 4.90 Å². The Balaban J connectivity index is 2.15. The van der Waals surface area contributed by atoms with Crippen LogP contribution in [-0.2, 0) is 4.79 Å². The monoisotopic (exact) mass is 210 g/mol. The van der Waals surface area contributed by atoms with Crippen molar-refractivity contribution in [2.24, 2.45) is 5.92 Å². The summed E-state index contributed by atoms with van der Waals surface area (Å²) in [5.74, 6) is 0.581. The molecule has 2 rings (SSSR count). The summed E-state index contributed by atoms with van der Waals surface area (Å²) in [7, 11) is 0. The number of fused-ring (bicyclic) bond motifs is 1. The number of carbonyl (C=O) groups excluding carboxylic acids is 2. The molecule has 3 amide bonds. The smallest absolute Gasteiger partial charge is 0.312 e. The highest BCUT2D eigenvalue weighted by Crippen LogP contribution is 2.29. The molecule has 2 aliphatic rings. The van der Waals surface area contributed by atoms with Gasteiger partial charge in [0.05, 0.1) is 0 Å². The number of carbonyl (C=O) groups is 2. The number of piperidine rings is 1. The molecule has 0 N–H and O–H groups in total. The normalized spacial score (nSPS) is 31.1. The number of rotatable bonds is 2. The van der Waals surface area contributed by atoms with Gasteiger partial charge >= 0.3 is 6.03 Å². The van der Waals surface area contributed by atoms with Crippen molar-refractivity contribution in [3.8, 4) is 0 Å². The molecule has 0 bridgehead atoms. The van der Waals surface area contributed by atoms with Gasteiger partial charge in [0.1, 0.15) is 6.04 Å². The Morgan fingerprint density at radius 2 is 2.13 bits per heavy atom. The van der Waals surface area contributed by atoms with E-state index in [0.717, 1.165) is 25.8 Å². The number of amides is 3. The SMILES string of the molecule is CCCN1C(=O)C2CC(C)CCN2C1=O. The standard InChI is InChI=1S/C11H18N2O2/c1-3-5-13-10(14)9-7-8(2)4-6-12(9)11(13)15/h8-9H,3-7H2,1-2H3. The summed E-state index contributed by atoms with van der Waals surface area (Å²) in [5, 5.41) is 0. The van der Waals surface area contributed by atoms with E-state index in [-0.39, 0.29) is 18.0 Å². The van der Waals surface area contributed by atoms with Crippen LogP contribution in [0.15, 0.2) is 0 Å². The van der Waals surface area contributed by atoms with Crippen LogP contribution >= 0.6 is 0 Å². The van der Waals surface area contributed by atoms with Gasteiger partial charge in [-0.1, -0.05) is 13.8 Å². The lowest BCUT2D eigenvalue weighted by Gasteiger charge is -2.30. The summed E-state index contributed by atoms with van der Waals surface area (Å²) < 4.78 is 0. The van der Waals surface area contributed by atoms with E-state index >= 15 is 0 Å². The van der Waals surface area contributed by atoms with Crippen molar-refractivity contribution in [1.82, 2.24) is 9.80 Å². The molecular weight excluding hydrogens is 192 g/mol. The molecule has 2 unspecified atom stereocenters. The fourth-order valence-corrected chi connectivity index (χ4v) is 2.46. The second-order valence-corrected chi connectivity index (χ2v) is 4.61. The Bertz CT molecular complexity index is 290. The van der Waals surface area contributed by atoms with Gasteiger partial charge in [-0.3, -0.25) is 9.69 Å². The van der Waals surface area contributed by atoms with Crippen LogP contribution in [0.1, 0.15) is 33.1 Å². The third kappa shape index (κ3) is 1.62. The molecule has 0 radical (unpaired) electrons. The third-order valence-corrected chi connectivity index (χ3v) is 3.34. The van der Waals surface area contributed by atoms with Crippen molar-refractivity contribution in [1.29, 1.82) is 0 Å². The van der Waals surface area contributed by atoms with Gasteiger partial charge in [-0.15, -0.1) is 0 Å². The zero-order valence-electron chi connectivity index (χ0n) is 9.40. The zero-order valence-corrected chi connectivity index (χ0v) is 9.40. The number of hydrogen-bond donors (Lipinski definition) is 0. The molecule has 0 saturated carbocycles. The van der Waals surface area contributed by atoms with Crippen molar-refractivity contribution in [3.05, 3.63) is 0 Å². The number of hydrogen-bond acceptors (Lipinski definition) is 2. The minimum atomic E-state index is -0.159. The third-order valence-electron chi connectivity index (χ3n) is 3.34. The summed E-state index contributed by atoms with van der Waals surface area (Å²) >= 11 is 0. The van der Waals surface area contributed by atoms with Gasteiger partial charge < -0.3 is 4.90 Å². The van der Waals surface area contributed by atoms with Gasteiger partial charge in [0.15, 0.2) is 0 Å². The van der Waals surface area contributed by atoms with Crippen LogP contribution in [0.4, 0.5) is 4.79 Å². The lowest BCUT2D eigenvalue weighted by atomic mass is 9.93. The van der Waals surface area contributed by atoms with Crippen molar-refractivity contribution in [3.63, 3.8) is 0 Å². The maximum absolute atomic E-state index is 11.9. The summed E-state index contributed by atoms with van der Waals surface area (Å²) in [6.07, 6.45) is 2.70. The molecule has 2 saturated heterocycles. The molecule has 15 heavy (non-hydrogen) atoms. The molecule has 2 fully saturated rings. The molecule has 0 aliphatic carbocycles. The van der Waals surface area contributed by atoms with Gasteiger partial charge in [0, 0.05) is 13.1 Å². The van der Waals surface area contributed by atoms with Crippen molar-refractivity contribution >= 4 is 11.9 Å². The Kier molecular flexibility index (Phi) is 2.67. The first-order valence-corrected chi connectivity index (χ1v) is 5.77. The largest absolute Gasteiger partial charge is 0.327 e. The molecule has 4 nitrogen and oxygen atoms in total. The minimum Gasteiger partial charge on any atom is -0.312 e. The van der Waals surface area contributed by atoms with E-state index in [9.17, 15) is 9.59 Å². The number of nitrogens with zero attached hydrogens (tertiary/aromatic N) is 2. The molecule has 2 aliphatic heterocycles. The van der Waals surface area contributed by atoms with Crippen LogP contribution < -0.4 is 0 Å². The number of urea groups is 1. The molecule has 0 spiro atoms. The predicted molar refractivity (Wildman–Crippen MR) is 56.3 cm³/mol. The van der Waals surface area contributed by atoms with Gasteiger partial charge in [-0.05, 0) is 25.2 Å². The predicted octanol–water partition coefficient (Wildman–Crippen LogP) is 1.46. The maximum Gasteiger partial charge on any atom is 0.327 e. The average molecular weight is 210 g/mol. The van der Waals surface area contributed by atoms with Crippen molar-refractivity contribution in [2.75, 3.05) is 13.1 Å². The maximum atomic E-state index is 11.9. The molecular formula is C11H18N2O2. The highest BCUT2D eigenvalue weighted by molar-refractivity contribution is 6.04. The molecule has 84 valence electrons. The van der Waals surface area contributed by atoms with Crippen LogP contribution in [0.25, 0.3) is 0 Å². The van der Waals surface area contributed by atoms with Gasteiger partial charge in [0.25, 0.3) is 5.91 Å². The zero-order chi connectivity index (χ0) is 11.0. The first-order chi connectivity index (χ1) is 7.15. The van der Waals surface area contributed by atoms with Crippen LogP contribution in [0.5, 0.6) is 0 Å². The highest BCUT2D eigenvalue weighted by atomic mass is 16.2. The van der Waals surface area contributed by atoms with E-state index in [1.807, 2.05) is 6.92 Å². The van der Waals surface area contributed by atoms with Gasteiger partial charge in [-0.25, -0.2) is 4.79 Å². The highest BCUT2D eigenvalue weighted by Gasteiger charge is 2.46. The van der Waals surface area contributed by atoms with Gasteiger partial charge in [-0.2, -0.15) is 0 Å². The van der Waals surface area contributed by atoms with E-state index in [4.69, 9.17) is 0 Å². The summed E-state index contributed by atoms with van der Waals surface area (Å²) in [6, 6.07) is -0.230. The summed E-state index contributed by atoms with van der Waals surface area (Å²) in [4.78, 5) is 27.0. The first-order valence-electron chi connectivity index (χ1n) is 5.77. The lowest BCUT2D eigenvalue weighted by Crippen LogP contribution is -2.41. The van der Waals surface area contributed by atoms with E-state index < -0.39 is 0 Å². The van der Waals surface area contributed by atoms with E-state index in [0.29, 0.717) is 12.5 Å². The molecule has 0 aromatic carbocycles. The molecule has 4 heteroatoms. The summed E-state index contributed by atoms with van der Waals surface area (Å²) in [5.41, 5.74) is 0. The second kappa shape index (κ2) is 3.83. The van der Waals surface area contributed by atoms with Crippen LogP contribution in [0, 0.1) is 5.92 Å². The Labute approximate surface area is 90.2 Å².